The van der Waals surface area contributed by atoms with E-state index in [1.165, 1.54) is 12.1 Å². The Balaban J connectivity index is 1.48. The number of carbonyl (C=O) groups is 1. The van der Waals surface area contributed by atoms with Gasteiger partial charge in [0.25, 0.3) is 5.91 Å². The van der Waals surface area contributed by atoms with Crippen LogP contribution in [0.3, 0.4) is 0 Å². The molecular weight excluding hydrogens is 397 g/mol. The molecule has 10 heteroatoms. The van der Waals surface area contributed by atoms with Gasteiger partial charge in [-0.05, 0) is 50.1 Å². The number of carbonyl (C=O) groups excluding carboxylic acids is 1. The summed E-state index contributed by atoms with van der Waals surface area (Å²) in [7, 11) is -4.77. The van der Waals surface area contributed by atoms with Gasteiger partial charge in [-0.2, -0.15) is 8.42 Å². The lowest BCUT2D eigenvalue weighted by molar-refractivity contribution is 0.0696. The fraction of sp³-hybridized carbons (Fsp3) is 0.316. The van der Waals surface area contributed by atoms with Crippen molar-refractivity contribution in [2.24, 2.45) is 0 Å². The summed E-state index contributed by atoms with van der Waals surface area (Å²) in [6, 6.07) is 6.97. The van der Waals surface area contributed by atoms with Crippen LogP contribution in [-0.2, 0) is 10.2 Å². The first-order valence-electron chi connectivity index (χ1n) is 9.18. The second-order valence-corrected chi connectivity index (χ2v) is 8.45. The average Bonchev–Trinajstić information content (AvgIpc) is 3.11. The van der Waals surface area contributed by atoms with E-state index < -0.39 is 15.1 Å². The van der Waals surface area contributed by atoms with Crippen LogP contribution in [0.4, 0.5) is 9.70 Å². The first-order chi connectivity index (χ1) is 13.7. The number of nitrogens with zero attached hydrogens (tertiary/aromatic N) is 4. The molecule has 0 atom stereocenters. The lowest BCUT2D eigenvalue weighted by Crippen LogP contribution is -2.39. The van der Waals surface area contributed by atoms with Gasteiger partial charge in [-0.15, -0.1) is 3.89 Å². The maximum atomic E-state index is 13.0. The molecule has 1 aliphatic heterocycles. The third-order valence-electron chi connectivity index (χ3n) is 5.24. The average molecular weight is 417 g/mol. The number of nitrogen functional groups attached to an aromatic ring is 1. The molecule has 1 saturated heterocycles. The van der Waals surface area contributed by atoms with E-state index in [2.05, 4.69) is 14.5 Å². The number of aryl methyl sites for hydroxylation is 1. The Morgan fingerprint density at radius 3 is 2.41 bits per heavy atom. The Labute approximate surface area is 167 Å². The van der Waals surface area contributed by atoms with Crippen molar-refractivity contribution in [1.82, 2.24) is 19.4 Å². The van der Waals surface area contributed by atoms with E-state index in [0.29, 0.717) is 30.3 Å². The van der Waals surface area contributed by atoms with Crippen LogP contribution < -0.4 is 5.73 Å². The monoisotopic (exact) mass is 417 g/mol. The van der Waals surface area contributed by atoms with E-state index in [1.54, 1.807) is 11.8 Å². The van der Waals surface area contributed by atoms with Crippen LogP contribution in [0.5, 0.6) is 0 Å². The van der Waals surface area contributed by atoms with Crippen molar-refractivity contribution in [2.75, 3.05) is 18.8 Å². The van der Waals surface area contributed by atoms with Crippen molar-refractivity contribution in [3.05, 3.63) is 47.9 Å². The summed E-state index contributed by atoms with van der Waals surface area (Å²) in [4.78, 5) is 22.7. The third-order valence-corrected chi connectivity index (χ3v) is 6.08. The zero-order valence-electron chi connectivity index (χ0n) is 15.7. The number of piperidine rings is 1. The van der Waals surface area contributed by atoms with Crippen LogP contribution in [0.1, 0.15) is 35.1 Å². The molecule has 0 saturated carbocycles. The van der Waals surface area contributed by atoms with Gasteiger partial charge >= 0.3 is 10.2 Å². The van der Waals surface area contributed by atoms with Crippen molar-refractivity contribution >= 4 is 33.0 Å². The molecule has 0 radical (unpaired) electrons. The molecular formula is C19H20FN5O3S. The molecule has 1 aromatic carbocycles. The number of rotatable bonds is 3. The number of halogens is 1. The highest BCUT2D eigenvalue weighted by Gasteiger charge is 2.26. The standard InChI is InChI=1S/C19H20FN5O3S/c1-12-22-17(21)16-8-11-25(18(16)23-12)14-6-9-24(10-7-14)19(26)13-2-4-15(5-3-13)29(20,27)28/h2-5,8,11,14H,6-7,9-10H2,1H3,(H2,21,22,23). The summed E-state index contributed by atoms with van der Waals surface area (Å²) in [5.41, 5.74) is 7.11. The maximum Gasteiger partial charge on any atom is 0.332 e. The fourth-order valence-corrected chi connectivity index (χ4v) is 4.22. The normalized spacial score (nSPS) is 15.7. The molecule has 2 aromatic heterocycles. The molecule has 0 spiro atoms. The van der Waals surface area contributed by atoms with Gasteiger partial charge in [0.2, 0.25) is 0 Å². The number of hydrogen-bond donors (Lipinski definition) is 1. The van der Waals surface area contributed by atoms with E-state index in [-0.39, 0.29) is 11.9 Å². The molecule has 3 heterocycles. The Kier molecular flexibility index (Phi) is 4.73. The van der Waals surface area contributed by atoms with Crippen LogP contribution >= 0.6 is 0 Å². The number of aromatic nitrogens is 3. The van der Waals surface area contributed by atoms with Gasteiger partial charge in [0.1, 0.15) is 17.3 Å². The van der Waals surface area contributed by atoms with Gasteiger partial charge in [-0.3, -0.25) is 4.79 Å². The van der Waals surface area contributed by atoms with Crippen molar-refractivity contribution in [2.45, 2.75) is 30.7 Å². The van der Waals surface area contributed by atoms with Crippen molar-refractivity contribution in [3.63, 3.8) is 0 Å². The summed E-state index contributed by atoms with van der Waals surface area (Å²) >= 11 is 0. The van der Waals surface area contributed by atoms with Gasteiger partial charge in [0, 0.05) is 30.9 Å². The number of amides is 1. The molecule has 29 heavy (non-hydrogen) atoms. The number of benzene rings is 1. The van der Waals surface area contributed by atoms with Gasteiger partial charge in [0.15, 0.2) is 0 Å². The quantitative estimate of drug-likeness (QED) is 0.656. The summed E-state index contributed by atoms with van der Waals surface area (Å²) in [6.07, 6.45) is 3.44. The van der Waals surface area contributed by atoms with Crippen LogP contribution in [0.15, 0.2) is 41.4 Å². The van der Waals surface area contributed by atoms with E-state index in [0.717, 1.165) is 36.0 Å². The smallest absolute Gasteiger partial charge is 0.332 e. The molecule has 0 bridgehead atoms. The highest BCUT2D eigenvalue weighted by Crippen LogP contribution is 2.29. The maximum absolute atomic E-state index is 13.0. The zero-order valence-corrected chi connectivity index (χ0v) is 16.6. The molecule has 152 valence electrons. The third kappa shape index (κ3) is 3.67. The molecule has 1 amide bonds. The number of likely N-dealkylation sites (tertiary alicyclic amines) is 1. The van der Waals surface area contributed by atoms with Crippen molar-refractivity contribution in [3.8, 4) is 0 Å². The Morgan fingerprint density at radius 1 is 1.14 bits per heavy atom. The second kappa shape index (κ2) is 7.11. The summed E-state index contributed by atoms with van der Waals surface area (Å²) in [5.74, 6) is 0.866. The predicted octanol–water partition coefficient (Wildman–Crippen LogP) is 2.46. The molecule has 2 N–H and O–H groups in total. The summed E-state index contributed by atoms with van der Waals surface area (Å²) in [6.45, 7) is 2.89. The van der Waals surface area contributed by atoms with E-state index >= 15 is 0 Å². The Morgan fingerprint density at radius 2 is 1.79 bits per heavy atom. The van der Waals surface area contributed by atoms with Crippen molar-refractivity contribution in [1.29, 1.82) is 0 Å². The lowest BCUT2D eigenvalue weighted by atomic mass is 10.0. The van der Waals surface area contributed by atoms with Crippen LogP contribution in [-0.4, -0.2) is 46.8 Å². The zero-order chi connectivity index (χ0) is 20.8. The summed E-state index contributed by atoms with van der Waals surface area (Å²) in [5, 5.41) is 0.817. The number of hydrogen-bond acceptors (Lipinski definition) is 6. The SMILES string of the molecule is Cc1nc(N)c2ccn(C3CCN(C(=O)c4ccc(S(=O)(=O)F)cc4)CC3)c2n1. The predicted molar refractivity (Wildman–Crippen MR) is 106 cm³/mol. The van der Waals surface area contributed by atoms with Crippen LogP contribution in [0.2, 0.25) is 0 Å². The number of fused-ring (bicyclic) bond motifs is 1. The number of nitrogens with two attached hydrogens (primary N) is 1. The van der Waals surface area contributed by atoms with Crippen LogP contribution in [0, 0.1) is 6.92 Å². The van der Waals surface area contributed by atoms with E-state index in [9.17, 15) is 17.1 Å². The topological polar surface area (TPSA) is 111 Å². The minimum atomic E-state index is -4.77. The van der Waals surface area contributed by atoms with Gasteiger partial charge in [-0.25, -0.2) is 9.97 Å². The van der Waals surface area contributed by atoms with E-state index in [1.807, 2.05) is 12.3 Å². The molecule has 1 fully saturated rings. The minimum Gasteiger partial charge on any atom is -0.383 e. The Hall–Kier alpha value is -3.01. The molecule has 0 unspecified atom stereocenters. The van der Waals surface area contributed by atoms with Crippen LogP contribution in [0.25, 0.3) is 11.0 Å². The highest BCUT2D eigenvalue weighted by atomic mass is 32.3. The fourth-order valence-electron chi connectivity index (χ4n) is 3.75. The molecule has 4 rings (SSSR count). The van der Waals surface area contributed by atoms with Gasteiger partial charge in [0.05, 0.1) is 10.3 Å². The number of anilines is 1. The van der Waals surface area contributed by atoms with Gasteiger partial charge < -0.3 is 15.2 Å². The molecule has 3 aromatic rings. The van der Waals surface area contributed by atoms with Gasteiger partial charge in [-0.1, -0.05) is 0 Å². The largest absolute Gasteiger partial charge is 0.383 e. The highest BCUT2D eigenvalue weighted by molar-refractivity contribution is 7.86. The Bertz CT molecular complexity index is 1180. The minimum absolute atomic E-state index is 0.185. The second-order valence-electron chi connectivity index (χ2n) is 7.10. The van der Waals surface area contributed by atoms with E-state index in [4.69, 9.17) is 5.73 Å². The van der Waals surface area contributed by atoms with Crippen molar-refractivity contribution < 1.29 is 17.1 Å². The summed E-state index contributed by atoms with van der Waals surface area (Å²) < 4.78 is 36.9. The molecule has 8 nitrogen and oxygen atoms in total. The molecule has 0 aliphatic carbocycles. The first-order valence-corrected chi connectivity index (χ1v) is 10.6. The first kappa shape index (κ1) is 19.3. The molecule has 1 aliphatic rings. The lowest BCUT2D eigenvalue weighted by Gasteiger charge is -2.33.